The lowest BCUT2D eigenvalue weighted by Gasteiger charge is -2.11. The van der Waals surface area contributed by atoms with E-state index in [0.29, 0.717) is 0 Å². The Bertz CT molecular complexity index is 545. The predicted molar refractivity (Wildman–Crippen MR) is 76.1 cm³/mol. The molecule has 0 radical (unpaired) electrons. The van der Waals surface area contributed by atoms with Crippen LogP contribution >= 0.6 is 0 Å². The lowest BCUT2D eigenvalue weighted by atomic mass is 10.2. The fourth-order valence-corrected chi connectivity index (χ4v) is 1.58. The van der Waals surface area contributed by atoms with E-state index >= 15 is 0 Å². The van der Waals surface area contributed by atoms with Crippen molar-refractivity contribution in [2.24, 2.45) is 4.99 Å². The van der Waals surface area contributed by atoms with Crippen LogP contribution in [0.25, 0.3) is 0 Å². The topological polar surface area (TPSA) is 35.8 Å². The van der Waals surface area contributed by atoms with Gasteiger partial charge < -0.3 is 10.0 Å². The number of aliphatic imine (C=N–C) groups is 1. The van der Waals surface area contributed by atoms with Gasteiger partial charge in [0.2, 0.25) is 0 Å². The third kappa shape index (κ3) is 3.10. The third-order valence-electron chi connectivity index (χ3n) is 2.60. The fourth-order valence-electron chi connectivity index (χ4n) is 1.58. The minimum atomic E-state index is 0.229. The molecular formula is C15H16N2O. The maximum absolute atomic E-state index is 9.33. The second-order valence-corrected chi connectivity index (χ2v) is 4.26. The molecule has 0 bridgehead atoms. The van der Waals surface area contributed by atoms with E-state index in [1.165, 1.54) is 0 Å². The van der Waals surface area contributed by atoms with Crippen LogP contribution < -0.4 is 4.90 Å². The average Bonchev–Trinajstić information content (AvgIpc) is 2.37. The van der Waals surface area contributed by atoms with Crippen molar-refractivity contribution in [2.45, 2.75) is 0 Å². The summed E-state index contributed by atoms with van der Waals surface area (Å²) in [6, 6.07) is 15.0. The number of hydrogen-bond acceptors (Lipinski definition) is 3. The molecular weight excluding hydrogens is 224 g/mol. The zero-order valence-electron chi connectivity index (χ0n) is 10.5. The monoisotopic (exact) mass is 240 g/mol. The molecule has 18 heavy (non-hydrogen) atoms. The molecule has 0 atom stereocenters. The number of aromatic hydroxyl groups is 1. The summed E-state index contributed by atoms with van der Waals surface area (Å²) >= 11 is 0. The minimum Gasteiger partial charge on any atom is -0.508 e. The van der Waals surface area contributed by atoms with Crippen LogP contribution in [0.15, 0.2) is 53.5 Å². The van der Waals surface area contributed by atoms with Crippen molar-refractivity contribution in [2.75, 3.05) is 19.0 Å². The maximum atomic E-state index is 9.33. The molecule has 0 fully saturated rings. The Balaban J connectivity index is 2.14. The number of hydrogen-bond donors (Lipinski definition) is 1. The molecule has 3 heteroatoms. The molecule has 0 saturated heterocycles. The summed E-state index contributed by atoms with van der Waals surface area (Å²) in [5.41, 5.74) is 2.93. The average molecular weight is 240 g/mol. The number of nitrogens with zero attached hydrogens (tertiary/aromatic N) is 2. The van der Waals surface area contributed by atoms with Gasteiger partial charge in [-0.05, 0) is 29.8 Å². The molecule has 0 aliphatic carbocycles. The van der Waals surface area contributed by atoms with Gasteiger partial charge in [-0.25, -0.2) is 0 Å². The predicted octanol–water partition coefficient (Wildman–Crippen LogP) is 3.21. The molecule has 0 aliphatic heterocycles. The molecule has 0 amide bonds. The summed E-state index contributed by atoms with van der Waals surface area (Å²) in [5, 5.41) is 9.33. The van der Waals surface area contributed by atoms with Gasteiger partial charge in [-0.15, -0.1) is 0 Å². The van der Waals surface area contributed by atoms with Gasteiger partial charge in [0.05, 0.1) is 5.69 Å². The Morgan fingerprint density at radius 1 is 1.06 bits per heavy atom. The Morgan fingerprint density at radius 3 is 2.39 bits per heavy atom. The van der Waals surface area contributed by atoms with Crippen molar-refractivity contribution in [3.8, 4) is 5.75 Å². The fraction of sp³-hybridized carbons (Fsp3) is 0.133. The molecule has 0 aromatic heterocycles. The summed E-state index contributed by atoms with van der Waals surface area (Å²) in [5.74, 6) is 0.229. The SMILES string of the molecule is CN(C)c1ccc(C=Nc2cccc(O)c2)cc1. The first-order chi connectivity index (χ1) is 8.65. The second kappa shape index (κ2) is 5.36. The third-order valence-corrected chi connectivity index (χ3v) is 2.60. The summed E-state index contributed by atoms with van der Waals surface area (Å²) < 4.78 is 0. The van der Waals surface area contributed by atoms with E-state index in [0.717, 1.165) is 16.9 Å². The molecule has 1 N–H and O–H groups in total. The van der Waals surface area contributed by atoms with E-state index in [-0.39, 0.29) is 5.75 Å². The molecule has 2 aromatic carbocycles. The molecule has 0 heterocycles. The smallest absolute Gasteiger partial charge is 0.117 e. The molecule has 0 saturated carbocycles. The number of phenols is 1. The van der Waals surface area contributed by atoms with Gasteiger partial charge >= 0.3 is 0 Å². The first-order valence-corrected chi connectivity index (χ1v) is 5.75. The number of anilines is 1. The number of benzene rings is 2. The highest BCUT2D eigenvalue weighted by molar-refractivity contribution is 5.82. The number of rotatable bonds is 3. The first kappa shape index (κ1) is 12.2. The molecule has 2 rings (SSSR count). The van der Waals surface area contributed by atoms with Crippen LogP contribution in [0.5, 0.6) is 5.75 Å². The van der Waals surface area contributed by atoms with Crippen LogP contribution in [0, 0.1) is 0 Å². The summed E-state index contributed by atoms with van der Waals surface area (Å²) in [6.07, 6.45) is 1.79. The Hall–Kier alpha value is -2.29. The van der Waals surface area contributed by atoms with Crippen molar-refractivity contribution in [3.63, 3.8) is 0 Å². The van der Waals surface area contributed by atoms with Crippen molar-refractivity contribution in [3.05, 3.63) is 54.1 Å². The van der Waals surface area contributed by atoms with Gasteiger partial charge in [0.25, 0.3) is 0 Å². The summed E-state index contributed by atoms with van der Waals surface area (Å²) in [7, 11) is 4.02. The molecule has 0 aliphatic rings. The highest BCUT2D eigenvalue weighted by Gasteiger charge is 1.94. The first-order valence-electron chi connectivity index (χ1n) is 5.75. The van der Waals surface area contributed by atoms with E-state index in [4.69, 9.17) is 0 Å². The Labute approximate surface area is 107 Å². The van der Waals surface area contributed by atoms with Crippen molar-refractivity contribution in [1.82, 2.24) is 0 Å². The normalized spacial score (nSPS) is 10.8. The van der Waals surface area contributed by atoms with Crippen LogP contribution in [-0.2, 0) is 0 Å². The highest BCUT2D eigenvalue weighted by atomic mass is 16.3. The largest absolute Gasteiger partial charge is 0.508 e. The van der Waals surface area contributed by atoms with Gasteiger partial charge in [-0.2, -0.15) is 0 Å². The lowest BCUT2D eigenvalue weighted by molar-refractivity contribution is 0.475. The maximum Gasteiger partial charge on any atom is 0.117 e. The zero-order valence-corrected chi connectivity index (χ0v) is 10.5. The van der Waals surface area contributed by atoms with Crippen molar-refractivity contribution < 1.29 is 5.11 Å². The van der Waals surface area contributed by atoms with Gasteiger partial charge in [0.1, 0.15) is 5.75 Å². The molecule has 3 nitrogen and oxygen atoms in total. The van der Waals surface area contributed by atoms with E-state index in [2.05, 4.69) is 9.89 Å². The second-order valence-electron chi connectivity index (χ2n) is 4.26. The van der Waals surface area contributed by atoms with Crippen molar-refractivity contribution >= 4 is 17.6 Å². The van der Waals surface area contributed by atoms with Gasteiger partial charge in [0, 0.05) is 32.1 Å². The molecule has 92 valence electrons. The van der Waals surface area contributed by atoms with Crippen LogP contribution in [0.3, 0.4) is 0 Å². The van der Waals surface area contributed by atoms with E-state index in [9.17, 15) is 5.11 Å². The molecule has 0 spiro atoms. The Morgan fingerprint density at radius 2 is 1.78 bits per heavy atom. The van der Waals surface area contributed by atoms with Gasteiger partial charge in [0.15, 0.2) is 0 Å². The quantitative estimate of drug-likeness (QED) is 0.836. The van der Waals surface area contributed by atoms with Crippen LogP contribution in [0.2, 0.25) is 0 Å². The van der Waals surface area contributed by atoms with Crippen LogP contribution in [0.4, 0.5) is 11.4 Å². The number of phenolic OH excluding ortho intramolecular Hbond substituents is 1. The summed E-state index contributed by atoms with van der Waals surface area (Å²) in [4.78, 5) is 6.36. The summed E-state index contributed by atoms with van der Waals surface area (Å²) in [6.45, 7) is 0. The molecule has 0 unspecified atom stereocenters. The minimum absolute atomic E-state index is 0.229. The van der Waals surface area contributed by atoms with E-state index in [1.807, 2.05) is 44.4 Å². The van der Waals surface area contributed by atoms with Crippen molar-refractivity contribution in [1.29, 1.82) is 0 Å². The standard InChI is InChI=1S/C15H16N2O/c1-17(2)14-8-6-12(7-9-14)11-16-13-4-3-5-15(18)10-13/h3-11,18H,1-2H3. The highest BCUT2D eigenvalue weighted by Crippen LogP contribution is 2.18. The van der Waals surface area contributed by atoms with Gasteiger partial charge in [-0.3, -0.25) is 4.99 Å². The van der Waals surface area contributed by atoms with E-state index < -0.39 is 0 Å². The lowest BCUT2D eigenvalue weighted by Crippen LogP contribution is -2.08. The van der Waals surface area contributed by atoms with E-state index in [1.54, 1.807) is 24.4 Å². The van der Waals surface area contributed by atoms with Gasteiger partial charge in [-0.1, -0.05) is 18.2 Å². The Kier molecular flexibility index (Phi) is 3.63. The molecule has 2 aromatic rings. The van der Waals surface area contributed by atoms with Crippen LogP contribution in [0.1, 0.15) is 5.56 Å². The zero-order chi connectivity index (χ0) is 13.0. The van der Waals surface area contributed by atoms with Crippen LogP contribution in [-0.4, -0.2) is 25.4 Å².